The Bertz CT molecular complexity index is 790. The lowest BCUT2D eigenvalue weighted by Gasteiger charge is -2.28. The second-order valence-electron chi connectivity index (χ2n) is 6.15. The Kier molecular flexibility index (Phi) is 6.31. The molecule has 27 heavy (non-hydrogen) atoms. The minimum absolute atomic E-state index is 0.0387. The topological polar surface area (TPSA) is 84.7 Å². The second-order valence-corrected chi connectivity index (χ2v) is 7.56. The molecule has 0 aromatic heterocycles. The molecule has 1 heterocycles. The van der Waals surface area contributed by atoms with Gasteiger partial charge in [0.1, 0.15) is 0 Å². The van der Waals surface area contributed by atoms with Crippen LogP contribution in [-0.2, 0) is 9.53 Å². The van der Waals surface area contributed by atoms with Crippen LogP contribution in [0.5, 0.6) is 0 Å². The lowest BCUT2D eigenvalue weighted by Crippen LogP contribution is -2.36. The summed E-state index contributed by atoms with van der Waals surface area (Å²) in [4.78, 5) is 25.7. The minimum atomic E-state index is -0.439. The van der Waals surface area contributed by atoms with E-state index in [-0.39, 0.29) is 16.8 Å². The Morgan fingerprint density at radius 2 is 1.78 bits per heavy atom. The molecule has 1 aliphatic rings. The summed E-state index contributed by atoms with van der Waals surface area (Å²) >= 11 is 1.36. The van der Waals surface area contributed by atoms with E-state index in [0.29, 0.717) is 0 Å². The number of non-ortho nitro benzene ring substituents is 1. The van der Waals surface area contributed by atoms with Crippen molar-refractivity contribution in [2.75, 3.05) is 36.5 Å². The maximum atomic E-state index is 12.4. The Morgan fingerprint density at radius 1 is 1.15 bits per heavy atom. The smallest absolute Gasteiger partial charge is 0.269 e. The van der Waals surface area contributed by atoms with Crippen LogP contribution in [-0.4, -0.2) is 42.4 Å². The van der Waals surface area contributed by atoms with Gasteiger partial charge >= 0.3 is 0 Å². The summed E-state index contributed by atoms with van der Waals surface area (Å²) in [5, 5.41) is 13.3. The van der Waals surface area contributed by atoms with Gasteiger partial charge in [0.15, 0.2) is 0 Å². The monoisotopic (exact) mass is 387 g/mol. The van der Waals surface area contributed by atoms with Gasteiger partial charge in [-0.3, -0.25) is 14.9 Å². The molecule has 0 radical (unpaired) electrons. The van der Waals surface area contributed by atoms with Crippen molar-refractivity contribution in [1.29, 1.82) is 0 Å². The van der Waals surface area contributed by atoms with E-state index in [1.54, 1.807) is 12.1 Å². The van der Waals surface area contributed by atoms with Gasteiger partial charge in [0.05, 0.1) is 23.4 Å². The molecule has 1 fully saturated rings. The number of morpholine rings is 1. The van der Waals surface area contributed by atoms with Gasteiger partial charge in [-0.1, -0.05) is 0 Å². The Morgan fingerprint density at radius 3 is 2.37 bits per heavy atom. The van der Waals surface area contributed by atoms with Crippen molar-refractivity contribution in [2.45, 2.75) is 17.1 Å². The lowest BCUT2D eigenvalue weighted by molar-refractivity contribution is -0.384. The first-order chi connectivity index (χ1) is 13.0. The number of nitrogens with zero attached hydrogens (tertiary/aromatic N) is 2. The number of nitrogens with one attached hydrogen (secondary N) is 1. The van der Waals surface area contributed by atoms with Gasteiger partial charge in [-0.2, -0.15) is 0 Å². The predicted molar refractivity (Wildman–Crippen MR) is 107 cm³/mol. The largest absolute Gasteiger partial charge is 0.378 e. The molecule has 1 atom stereocenters. The van der Waals surface area contributed by atoms with Crippen LogP contribution in [0.15, 0.2) is 53.4 Å². The maximum absolute atomic E-state index is 12.4. The molecule has 3 rings (SSSR count). The maximum Gasteiger partial charge on any atom is 0.269 e. The molecule has 0 spiro atoms. The van der Waals surface area contributed by atoms with Crippen LogP contribution in [0.2, 0.25) is 0 Å². The van der Waals surface area contributed by atoms with Crippen molar-refractivity contribution in [3.8, 4) is 0 Å². The SMILES string of the molecule is C[C@H](Sc1ccc([N+](=O)[O-])cc1)C(=O)Nc1ccc(N2CCOCC2)cc1. The zero-order chi connectivity index (χ0) is 19.2. The van der Waals surface area contributed by atoms with Crippen molar-refractivity contribution in [3.05, 3.63) is 58.6 Å². The van der Waals surface area contributed by atoms with Crippen molar-refractivity contribution in [2.24, 2.45) is 0 Å². The van der Waals surface area contributed by atoms with E-state index in [2.05, 4.69) is 10.2 Å². The van der Waals surface area contributed by atoms with Crippen molar-refractivity contribution >= 4 is 34.7 Å². The molecule has 7 nitrogen and oxygen atoms in total. The lowest BCUT2D eigenvalue weighted by atomic mass is 10.2. The Labute approximate surface area is 161 Å². The molecule has 1 saturated heterocycles. The number of rotatable bonds is 6. The normalized spacial score (nSPS) is 15.2. The molecular formula is C19H21N3O4S. The zero-order valence-electron chi connectivity index (χ0n) is 15.0. The molecule has 1 amide bonds. The summed E-state index contributed by atoms with van der Waals surface area (Å²) in [6.07, 6.45) is 0. The number of nitro groups is 1. The fraction of sp³-hybridized carbons (Fsp3) is 0.316. The van der Waals surface area contributed by atoms with Crippen molar-refractivity contribution < 1.29 is 14.5 Å². The summed E-state index contributed by atoms with van der Waals surface area (Å²) < 4.78 is 5.36. The molecule has 1 aliphatic heterocycles. The van der Waals surface area contributed by atoms with E-state index in [1.807, 2.05) is 31.2 Å². The number of benzene rings is 2. The number of hydrogen-bond donors (Lipinski definition) is 1. The van der Waals surface area contributed by atoms with Crippen LogP contribution in [0.3, 0.4) is 0 Å². The number of anilines is 2. The van der Waals surface area contributed by atoms with Gasteiger partial charge in [0.2, 0.25) is 5.91 Å². The fourth-order valence-electron chi connectivity index (χ4n) is 2.73. The van der Waals surface area contributed by atoms with Crippen LogP contribution in [0, 0.1) is 10.1 Å². The zero-order valence-corrected chi connectivity index (χ0v) is 15.8. The predicted octanol–water partition coefficient (Wildman–Crippen LogP) is 3.55. The van der Waals surface area contributed by atoms with Gasteiger partial charge in [-0.25, -0.2) is 0 Å². The first-order valence-corrected chi connectivity index (χ1v) is 9.55. The number of carbonyl (C=O) groups is 1. The number of carbonyl (C=O) groups excluding carboxylic acids is 1. The number of amides is 1. The number of hydrogen-bond acceptors (Lipinski definition) is 6. The molecule has 2 aromatic carbocycles. The number of nitro benzene ring substituents is 1. The summed E-state index contributed by atoms with van der Waals surface area (Å²) in [5.74, 6) is -0.113. The summed E-state index contributed by atoms with van der Waals surface area (Å²) in [5.41, 5.74) is 1.90. The van der Waals surface area contributed by atoms with E-state index in [1.165, 1.54) is 23.9 Å². The highest BCUT2D eigenvalue weighted by molar-refractivity contribution is 8.00. The van der Waals surface area contributed by atoms with Crippen LogP contribution in [0.25, 0.3) is 0 Å². The van der Waals surface area contributed by atoms with Crippen LogP contribution >= 0.6 is 11.8 Å². The van der Waals surface area contributed by atoms with Crippen molar-refractivity contribution in [3.63, 3.8) is 0 Å². The highest BCUT2D eigenvalue weighted by atomic mass is 32.2. The first kappa shape index (κ1) is 19.2. The third-order valence-corrected chi connectivity index (χ3v) is 5.35. The fourth-order valence-corrected chi connectivity index (χ4v) is 3.59. The van der Waals surface area contributed by atoms with E-state index < -0.39 is 4.92 Å². The first-order valence-electron chi connectivity index (χ1n) is 8.67. The van der Waals surface area contributed by atoms with Crippen LogP contribution in [0.1, 0.15) is 6.92 Å². The second kappa shape index (κ2) is 8.88. The van der Waals surface area contributed by atoms with Gasteiger partial charge in [0.25, 0.3) is 5.69 Å². The van der Waals surface area contributed by atoms with E-state index in [4.69, 9.17) is 4.74 Å². The third kappa shape index (κ3) is 5.21. The highest BCUT2D eigenvalue weighted by Crippen LogP contribution is 2.26. The standard InChI is InChI=1S/C19H21N3O4S/c1-14(27-18-8-6-17(7-9-18)22(24)25)19(23)20-15-2-4-16(5-3-15)21-10-12-26-13-11-21/h2-9,14H,10-13H2,1H3,(H,20,23)/t14-/m0/s1. The molecule has 0 unspecified atom stereocenters. The summed E-state index contributed by atoms with van der Waals surface area (Å²) in [6, 6.07) is 14.0. The average molecular weight is 387 g/mol. The summed E-state index contributed by atoms with van der Waals surface area (Å²) in [7, 11) is 0. The molecule has 8 heteroatoms. The van der Waals surface area contributed by atoms with Gasteiger partial charge in [-0.15, -0.1) is 11.8 Å². The van der Waals surface area contributed by atoms with Gasteiger partial charge in [0, 0.05) is 41.5 Å². The molecule has 0 bridgehead atoms. The number of ether oxygens (including phenoxy) is 1. The van der Waals surface area contributed by atoms with E-state index >= 15 is 0 Å². The molecule has 1 N–H and O–H groups in total. The molecular weight excluding hydrogens is 366 g/mol. The van der Waals surface area contributed by atoms with Crippen LogP contribution < -0.4 is 10.2 Å². The minimum Gasteiger partial charge on any atom is -0.378 e. The Balaban J connectivity index is 1.55. The quantitative estimate of drug-likeness (QED) is 0.464. The average Bonchev–Trinajstić information content (AvgIpc) is 2.69. The van der Waals surface area contributed by atoms with E-state index in [9.17, 15) is 14.9 Å². The number of thioether (sulfide) groups is 1. The van der Waals surface area contributed by atoms with Crippen LogP contribution in [0.4, 0.5) is 17.1 Å². The van der Waals surface area contributed by atoms with E-state index in [0.717, 1.165) is 42.6 Å². The molecule has 2 aromatic rings. The summed E-state index contributed by atoms with van der Waals surface area (Å²) in [6.45, 7) is 5.01. The molecule has 0 saturated carbocycles. The highest BCUT2D eigenvalue weighted by Gasteiger charge is 2.16. The third-order valence-electron chi connectivity index (χ3n) is 4.24. The van der Waals surface area contributed by atoms with Gasteiger partial charge < -0.3 is 15.0 Å². The molecule has 0 aliphatic carbocycles. The van der Waals surface area contributed by atoms with Crippen molar-refractivity contribution in [1.82, 2.24) is 0 Å². The molecule has 142 valence electrons. The van der Waals surface area contributed by atoms with Gasteiger partial charge in [-0.05, 0) is 43.3 Å². The Hall–Kier alpha value is -2.58.